The van der Waals surface area contributed by atoms with E-state index in [2.05, 4.69) is 4.99 Å². The van der Waals surface area contributed by atoms with E-state index in [1.165, 1.54) is 43.3 Å². The van der Waals surface area contributed by atoms with E-state index in [1.54, 1.807) is 62.4 Å². The molecule has 2 heterocycles. The molecule has 1 aliphatic heterocycles. The topological polar surface area (TPSA) is 135 Å². The van der Waals surface area contributed by atoms with Gasteiger partial charge in [0.05, 0.1) is 55.3 Å². The van der Waals surface area contributed by atoms with Crippen molar-refractivity contribution in [1.82, 2.24) is 4.57 Å². The molecule has 0 saturated carbocycles. The molecule has 0 radical (unpaired) electrons. The Labute approximate surface area is 268 Å². The quantitative estimate of drug-likeness (QED) is 0.240. The van der Waals surface area contributed by atoms with Crippen LogP contribution < -0.4 is 33.8 Å². The Balaban J connectivity index is 1.53. The molecule has 4 aromatic rings. The molecule has 5 rings (SSSR count). The summed E-state index contributed by atoms with van der Waals surface area (Å²) in [6.07, 6.45) is 1.75. The summed E-state index contributed by atoms with van der Waals surface area (Å²) in [5, 5.41) is 9.22. The van der Waals surface area contributed by atoms with Gasteiger partial charge in [-0.25, -0.2) is 14.6 Å². The van der Waals surface area contributed by atoms with Crippen molar-refractivity contribution in [3.8, 4) is 23.0 Å². The van der Waals surface area contributed by atoms with Crippen LogP contribution >= 0.6 is 11.3 Å². The van der Waals surface area contributed by atoms with Gasteiger partial charge in [-0.15, -0.1) is 0 Å². The van der Waals surface area contributed by atoms with Gasteiger partial charge >= 0.3 is 11.9 Å². The molecular formula is C34H32N2O9S. The van der Waals surface area contributed by atoms with Gasteiger partial charge in [0.15, 0.2) is 16.3 Å². The predicted octanol–water partition coefficient (Wildman–Crippen LogP) is 4.10. The number of methoxy groups -OCH3 is 3. The maximum atomic E-state index is 14.0. The van der Waals surface area contributed by atoms with Gasteiger partial charge in [0.2, 0.25) is 5.75 Å². The summed E-state index contributed by atoms with van der Waals surface area (Å²) in [4.78, 5) is 43.6. The lowest BCUT2D eigenvalue weighted by Crippen LogP contribution is -2.40. The SMILES string of the molecule is CCOC(=O)C1=C(C)N=c2s/c(=C\c3ccc(OCc4cccc(C(=O)O)c4)cc3)c(=O)n2[C@H]1c1cc(OC)c(OC)c(OC)c1. The zero-order chi connectivity index (χ0) is 33.0. The number of hydrogen-bond donors (Lipinski definition) is 1. The lowest BCUT2D eigenvalue weighted by molar-refractivity contribution is -0.139. The third-order valence-corrected chi connectivity index (χ3v) is 8.26. The van der Waals surface area contributed by atoms with E-state index in [0.717, 1.165) is 11.1 Å². The van der Waals surface area contributed by atoms with Crippen LogP contribution in [0.25, 0.3) is 6.08 Å². The monoisotopic (exact) mass is 644 g/mol. The number of nitrogens with zero attached hydrogens (tertiary/aromatic N) is 2. The number of carbonyl (C=O) groups excluding carboxylic acids is 1. The van der Waals surface area contributed by atoms with Crippen LogP contribution in [-0.4, -0.2) is 49.5 Å². The lowest BCUT2D eigenvalue weighted by atomic mass is 9.95. The Morgan fingerprint density at radius 3 is 2.30 bits per heavy atom. The summed E-state index contributed by atoms with van der Waals surface area (Å²) in [5.74, 6) is 0.111. The second-order valence-electron chi connectivity index (χ2n) is 10.1. The van der Waals surface area contributed by atoms with Crippen molar-refractivity contribution in [2.45, 2.75) is 26.5 Å². The Bertz CT molecular complexity index is 1980. The van der Waals surface area contributed by atoms with Gasteiger partial charge in [-0.3, -0.25) is 9.36 Å². The highest BCUT2D eigenvalue weighted by atomic mass is 32.1. The van der Waals surface area contributed by atoms with E-state index in [9.17, 15) is 19.5 Å². The summed E-state index contributed by atoms with van der Waals surface area (Å²) in [7, 11) is 4.48. The molecule has 11 nitrogen and oxygen atoms in total. The standard InChI is InChI=1S/C34H32N2O9S/c1-6-44-33(40)28-19(2)35-34-36(29(28)23-16-25(41-3)30(43-5)26(17-23)42-4)31(37)27(46-34)15-20-10-12-24(13-11-20)45-18-21-8-7-9-22(14-21)32(38)39/h7-17,29H,6,18H2,1-5H3,(H,38,39)/b27-15-/t29-/m0/s1. The minimum absolute atomic E-state index is 0.149. The van der Waals surface area contributed by atoms with Gasteiger partial charge in [0, 0.05) is 0 Å². The smallest absolute Gasteiger partial charge is 0.338 e. The second kappa shape index (κ2) is 13.7. The van der Waals surface area contributed by atoms with Crippen molar-refractivity contribution in [1.29, 1.82) is 0 Å². The predicted molar refractivity (Wildman–Crippen MR) is 171 cm³/mol. The van der Waals surface area contributed by atoms with Gasteiger partial charge in [-0.2, -0.15) is 0 Å². The van der Waals surface area contributed by atoms with Gasteiger partial charge in [0.25, 0.3) is 5.56 Å². The third kappa shape index (κ3) is 6.38. The normalized spacial score (nSPS) is 14.3. The number of carboxylic acids is 1. The number of carboxylic acid groups (broad SMARTS) is 1. The third-order valence-electron chi connectivity index (χ3n) is 7.28. The van der Waals surface area contributed by atoms with Crippen molar-refractivity contribution >= 4 is 29.4 Å². The van der Waals surface area contributed by atoms with Gasteiger partial charge in [-0.05, 0) is 73.0 Å². The average Bonchev–Trinajstić information content (AvgIpc) is 3.36. The minimum atomic E-state index is -1.00. The first-order valence-corrected chi connectivity index (χ1v) is 15.0. The summed E-state index contributed by atoms with van der Waals surface area (Å²) in [6, 6.07) is 16.3. The van der Waals surface area contributed by atoms with Crippen molar-refractivity contribution in [2.24, 2.45) is 4.99 Å². The first kappa shape index (κ1) is 32.0. The van der Waals surface area contributed by atoms with Crippen LogP contribution in [0.2, 0.25) is 0 Å². The maximum absolute atomic E-state index is 14.0. The zero-order valence-electron chi connectivity index (χ0n) is 25.9. The number of aromatic carboxylic acids is 1. The average molecular weight is 645 g/mol. The molecule has 1 atom stereocenters. The Kier molecular flexibility index (Phi) is 9.57. The Hall–Kier alpha value is -5.36. The van der Waals surface area contributed by atoms with Gasteiger partial charge < -0.3 is 28.8 Å². The number of hydrogen-bond acceptors (Lipinski definition) is 10. The van der Waals surface area contributed by atoms with Crippen LogP contribution in [-0.2, 0) is 16.1 Å². The molecule has 1 N–H and O–H groups in total. The number of esters is 1. The van der Waals surface area contributed by atoms with Crippen molar-refractivity contribution < 1.29 is 38.4 Å². The van der Waals surface area contributed by atoms with Crippen molar-refractivity contribution in [2.75, 3.05) is 27.9 Å². The molecule has 3 aromatic carbocycles. The van der Waals surface area contributed by atoms with Crippen LogP contribution in [0.4, 0.5) is 0 Å². The highest BCUT2D eigenvalue weighted by Gasteiger charge is 2.34. The maximum Gasteiger partial charge on any atom is 0.338 e. The Morgan fingerprint density at radius 2 is 1.70 bits per heavy atom. The van der Waals surface area contributed by atoms with E-state index < -0.39 is 18.0 Å². The molecule has 0 unspecified atom stereocenters. The molecule has 0 fully saturated rings. The molecule has 0 bridgehead atoms. The van der Waals surface area contributed by atoms with E-state index in [4.69, 9.17) is 23.7 Å². The fraction of sp³-hybridized carbons (Fsp3) is 0.235. The van der Waals surface area contributed by atoms with Crippen LogP contribution in [0.3, 0.4) is 0 Å². The first-order valence-electron chi connectivity index (χ1n) is 14.2. The molecule has 0 saturated heterocycles. The second-order valence-corrected chi connectivity index (χ2v) is 11.1. The fourth-order valence-electron chi connectivity index (χ4n) is 5.14. The van der Waals surface area contributed by atoms with Crippen molar-refractivity contribution in [3.05, 3.63) is 114 Å². The molecular weight excluding hydrogens is 612 g/mol. The van der Waals surface area contributed by atoms with Crippen molar-refractivity contribution in [3.63, 3.8) is 0 Å². The zero-order valence-corrected chi connectivity index (χ0v) is 26.7. The fourth-order valence-corrected chi connectivity index (χ4v) is 6.19. The summed E-state index contributed by atoms with van der Waals surface area (Å²) in [6.45, 7) is 3.77. The Morgan fingerprint density at radius 1 is 1.00 bits per heavy atom. The van der Waals surface area contributed by atoms with Crippen LogP contribution in [0.15, 0.2) is 81.7 Å². The first-order chi connectivity index (χ1) is 22.2. The number of ether oxygens (including phenoxy) is 5. The molecule has 0 amide bonds. The lowest BCUT2D eigenvalue weighted by Gasteiger charge is -2.26. The number of thiazole rings is 1. The summed E-state index contributed by atoms with van der Waals surface area (Å²) < 4.78 is 29.7. The number of allylic oxidation sites excluding steroid dienone is 1. The van der Waals surface area contributed by atoms with E-state index in [1.807, 2.05) is 12.1 Å². The van der Waals surface area contributed by atoms with E-state index in [-0.39, 0.29) is 29.9 Å². The van der Waals surface area contributed by atoms with Gasteiger partial charge in [-0.1, -0.05) is 35.6 Å². The van der Waals surface area contributed by atoms with Crippen LogP contribution in [0.1, 0.15) is 46.9 Å². The molecule has 1 aromatic heterocycles. The highest BCUT2D eigenvalue weighted by molar-refractivity contribution is 7.07. The largest absolute Gasteiger partial charge is 0.493 e. The molecule has 0 spiro atoms. The number of rotatable bonds is 11. The number of benzene rings is 3. The number of aromatic nitrogens is 1. The van der Waals surface area contributed by atoms with E-state index >= 15 is 0 Å². The molecule has 12 heteroatoms. The molecule has 46 heavy (non-hydrogen) atoms. The van der Waals surface area contributed by atoms with Gasteiger partial charge in [0.1, 0.15) is 12.4 Å². The number of fused-ring (bicyclic) bond motifs is 1. The summed E-state index contributed by atoms with van der Waals surface area (Å²) in [5.41, 5.74) is 2.53. The molecule has 1 aliphatic rings. The summed E-state index contributed by atoms with van der Waals surface area (Å²) >= 11 is 1.20. The van der Waals surface area contributed by atoms with Crippen LogP contribution in [0.5, 0.6) is 23.0 Å². The minimum Gasteiger partial charge on any atom is -0.493 e. The number of carbonyl (C=O) groups is 2. The molecule has 238 valence electrons. The van der Waals surface area contributed by atoms with Crippen LogP contribution in [0, 0.1) is 0 Å². The highest BCUT2D eigenvalue weighted by Crippen LogP contribution is 2.42. The van der Waals surface area contributed by atoms with E-state index in [0.29, 0.717) is 43.6 Å². The molecule has 0 aliphatic carbocycles.